The van der Waals surface area contributed by atoms with E-state index in [1.54, 1.807) is 12.3 Å². The van der Waals surface area contributed by atoms with Crippen LogP contribution >= 0.6 is 0 Å². The first-order valence-corrected chi connectivity index (χ1v) is 5.50. The Morgan fingerprint density at radius 3 is 3.11 bits per heavy atom. The Bertz CT molecular complexity index is 761. The van der Waals surface area contributed by atoms with Crippen molar-refractivity contribution < 1.29 is 5.11 Å². The van der Waals surface area contributed by atoms with Gasteiger partial charge in [-0.2, -0.15) is 5.10 Å². The highest BCUT2D eigenvalue weighted by Crippen LogP contribution is 2.19. The number of rotatable bonds is 3. The molecule has 0 aliphatic heterocycles. The maximum absolute atomic E-state index is 12.0. The van der Waals surface area contributed by atoms with Crippen molar-refractivity contribution in [2.24, 2.45) is 0 Å². The Morgan fingerprint density at radius 1 is 1.39 bits per heavy atom. The Kier molecular flexibility index (Phi) is 2.45. The number of nitrogens with one attached hydrogen (secondary N) is 3. The van der Waals surface area contributed by atoms with E-state index in [1.165, 1.54) is 0 Å². The zero-order valence-electron chi connectivity index (χ0n) is 9.40. The first-order chi connectivity index (χ1) is 8.79. The SMILES string of the molecule is O=c1[nH]c(NCCO)nc2ccc3[nH]ncc3c12. The number of aliphatic hydroxyl groups is 1. The topological polar surface area (TPSA) is 107 Å². The fourth-order valence-corrected chi connectivity index (χ4v) is 1.91. The molecular weight excluding hydrogens is 234 g/mol. The highest BCUT2D eigenvalue weighted by Gasteiger charge is 2.08. The molecule has 0 saturated heterocycles. The van der Waals surface area contributed by atoms with Crippen LogP contribution in [-0.4, -0.2) is 38.4 Å². The van der Waals surface area contributed by atoms with E-state index in [4.69, 9.17) is 5.11 Å². The Morgan fingerprint density at radius 2 is 2.28 bits per heavy atom. The maximum atomic E-state index is 12.0. The lowest BCUT2D eigenvalue weighted by Crippen LogP contribution is -2.15. The van der Waals surface area contributed by atoms with Crippen LogP contribution in [0.25, 0.3) is 21.8 Å². The van der Waals surface area contributed by atoms with Crippen molar-refractivity contribution in [2.75, 3.05) is 18.5 Å². The van der Waals surface area contributed by atoms with Crippen molar-refractivity contribution in [2.45, 2.75) is 0 Å². The lowest BCUT2D eigenvalue weighted by atomic mass is 10.1. The first kappa shape index (κ1) is 10.7. The molecule has 0 fully saturated rings. The van der Waals surface area contributed by atoms with Gasteiger partial charge < -0.3 is 10.4 Å². The number of H-pyrrole nitrogens is 2. The van der Waals surface area contributed by atoms with Gasteiger partial charge in [0.25, 0.3) is 5.56 Å². The Balaban J connectivity index is 2.25. The molecule has 0 aliphatic rings. The van der Waals surface area contributed by atoms with Crippen LogP contribution in [0.15, 0.2) is 23.1 Å². The fourth-order valence-electron chi connectivity index (χ4n) is 1.91. The number of aliphatic hydroxyl groups excluding tert-OH is 1. The van der Waals surface area contributed by atoms with Gasteiger partial charge in [-0.1, -0.05) is 0 Å². The van der Waals surface area contributed by atoms with Gasteiger partial charge in [0.15, 0.2) is 0 Å². The number of aromatic amines is 2. The maximum Gasteiger partial charge on any atom is 0.260 e. The van der Waals surface area contributed by atoms with Crippen molar-refractivity contribution in [1.82, 2.24) is 20.2 Å². The number of nitrogens with zero attached hydrogens (tertiary/aromatic N) is 2. The van der Waals surface area contributed by atoms with Crippen LogP contribution in [0.2, 0.25) is 0 Å². The summed E-state index contributed by atoms with van der Waals surface area (Å²) in [4.78, 5) is 19.0. The highest BCUT2D eigenvalue weighted by atomic mass is 16.3. The molecule has 0 bridgehead atoms. The number of fused-ring (bicyclic) bond motifs is 3. The molecule has 0 atom stereocenters. The van der Waals surface area contributed by atoms with Crippen LogP contribution in [0.5, 0.6) is 0 Å². The smallest absolute Gasteiger partial charge is 0.260 e. The largest absolute Gasteiger partial charge is 0.395 e. The molecular formula is C11H11N5O2. The molecule has 1 aromatic carbocycles. The molecule has 18 heavy (non-hydrogen) atoms. The lowest BCUT2D eigenvalue weighted by molar-refractivity contribution is 0.311. The highest BCUT2D eigenvalue weighted by molar-refractivity contribution is 6.04. The van der Waals surface area contributed by atoms with E-state index < -0.39 is 0 Å². The normalized spacial score (nSPS) is 11.2. The third-order valence-electron chi connectivity index (χ3n) is 2.70. The van der Waals surface area contributed by atoms with Crippen molar-refractivity contribution in [3.63, 3.8) is 0 Å². The lowest BCUT2D eigenvalue weighted by Gasteiger charge is -2.04. The summed E-state index contributed by atoms with van der Waals surface area (Å²) in [7, 11) is 0. The molecule has 0 unspecified atom stereocenters. The summed E-state index contributed by atoms with van der Waals surface area (Å²) in [6, 6.07) is 3.59. The molecule has 3 aromatic rings. The number of hydrogen-bond donors (Lipinski definition) is 4. The number of aromatic nitrogens is 4. The van der Waals surface area contributed by atoms with Crippen molar-refractivity contribution in [3.8, 4) is 0 Å². The second-order valence-electron chi connectivity index (χ2n) is 3.86. The van der Waals surface area contributed by atoms with Crippen molar-refractivity contribution >= 4 is 27.8 Å². The van der Waals surface area contributed by atoms with Crippen LogP contribution < -0.4 is 10.9 Å². The zero-order chi connectivity index (χ0) is 12.5. The van der Waals surface area contributed by atoms with E-state index in [1.807, 2.05) is 6.07 Å². The summed E-state index contributed by atoms with van der Waals surface area (Å²) < 4.78 is 0. The first-order valence-electron chi connectivity index (χ1n) is 5.50. The third-order valence-corrected chi connectivity index (χ3v) is 2.70. The molecule has 0 amide bonds. The zero-order valence-corrected chi connectivity index (χ0v) is 9.40. The van der Waals surface area contributed by atoms with E-state index >= 15 is 0 Å². The Labute approximate surface area is 101 Å². The van der Waals surface area contributed by atoms with Gasteiger partial charge in [0.1, 0.15) is 0 Å². The van der Waals surface area contributed by atoms with Crippen molar-refractivity contribution in [3.05, 3.63) is 28.7 Å². The molecule has 92 valence electrons. The minimum atomic E-state index is -0.229. The van der Waals surface area contributed by atoms with Crippen LogP contribution in [0.3, 0.4) is 0 Å². The van der Waals surface area contributed by atoms with E-state index in [0.29, 0.717) is 23.4 Å². The monoisotopic (exact) mass is 245 g/mol. The van der Waals surface area contributed by atoms with Gasteiger partial charge >= 0.3 is 0 Å². The van der Waals surface area contributed by atoms with Gasteiger partial charge in [0.2, 0.25) is 5.95 Å². The van der Waals surface area contributed by atoms with Gasteiger partial charge in [-0.3, -0.25) is 14.9 Å². The number of hydrogen-bond acceptors (Lipinski definition) is 5. The van der Waals surface area contributed by atoms with Gasteiger partial charge in [-0.15, -0.1) is 0 Å². The predicted octanol–water partition coefficient (Wildman–Crippen LogP) is 0.204. The molecule has 0 spiro atoms. The molecule has 7 heteroatoms. The second-order valence-corrected chi connectivity index (χ2v) is 3.86. The van der Waals surface area contributed by atoms with Crippen molar-refractivity contribution in [1.29, 1.82) is 0 Å². The van der Waals surface area contributed by atoms with Crippen LogP contribution in [0, 0.1) is 0 Å². The number of benzene rings is 1. The summed E-state index contributed by atoms with van der Waals surface area (Å²) in [5.41, 5.74) is 1.16. The molecule has 4 N–H and O–H groups in total. The average molecular weight is 245 g/mol. The minimum absolute atomic E-state index is 0.0253. The van der Waals surface area contributed by atoms with Crippen LogP contribution in [-0.2, 0) is 0 Å². The molecule has 2 aromatic heterocycles. The molecule has 7 nitrogen and oxygen atoms in total. The summed E-state index contributed by atoms with van der Waals surface area (Å²) in [6.07, 6.45) is 1.61. The van der Waals surface area contributed by atoms with E-state index in [9.17, 15) is 4.79 Å². The van der Waals surface area contributed by atoms with Gasteiger partial charge in [0, 0.05) is 11.9 Å². The summed E-state index contributed by atoms with van der Waals surface area (Å²) in [6.45, 7) is 0.310. The second kappa shape index (κ2) is 4.11. The van der Waals surface area contributed by atoms with Crippen LogP contribution in [0.1, 0.15) is 0 Å². The molecule has 0 saturated carbocycles. The summed E-state index contributed by atoms with van der Waals surface area (Å²) in [5.74, 6) is 0.351. The molecule has 0 aliphatic carbocycles. The minimum Gasteiger partial charge on any atom is -0.395 e. The summed E-state index contributed by atoms with van der Waals surface area (Å²) >= 11 is 0. The summed E-state index contributed by atoms with van der Waals surface area (Å²) in [5, 5.41) is 19.5. The quantitative estimate of drug-likeness (QED) is 0.527. The number of anilines is 1. The fraction of sp³-hybridized carbons (Fsp3) is 0.182. The standard InChI is InChI=1S/C11H11N5O2/c17-4-3-12-11-14-8-2-1-7-6(5-13-16-7)9(8)10(18)15-11/h1-2,5,17H,3-4H2,(H,13,16)(H2,12,14,15,18). The van der Waals surface area contributed by atoms with Gasteiger partial charge in [-0.05, 0) is 12.1 Å². The molecule has 0 radical (unpaired) electrons. The third kappa shape index (κ3) is 1.61. The van der Waals surface area contributed by atoms with E-state index in [0.717, 1.165) is 10.9 Å². The predicted molar refractivity (Wildman–Crippen MR) is 67.6 cm³/mol. The Hall–Kier alpha value is -2.41. The van der Waals surface area contributed by atoms with Gasteiger partial charge in [-0.25, -0.2) is 4.98 Å². The molecule has 3 rings (SSSR count). The molecule has 2 heterocycles. The van der Waals surface area contributed by atoms with E-state index in [-0.39, 0.29) is 12.2 Å². The van der Waals surface area contributed by atoms with Gasteiger partial charge in [0.05, 0.1) is 29.2 Å². The van der Waals surface area contributed by atoms with Crippen LogP contribution in [0.4, 0.5) is 5.95 Å². The average Bonchev–Trinajstić information content (AvgIpc) is 2.84. The van der Waals surface area contributed by atoms with E-state index in [2.05, 4.69) is 25.5 Å².